The van der Waals surface area contributed by atoms with Crippen molar-refractivity contribution >= 4 is 5.69 Å². The first kappa shape index (κ1) is 13.6. The van der Waals surface area contributed by atoms with Gasteiger partial charge in [0.05, 0.1) is 6.10 Å². The zero-order valence-electron chi connectivity index (χ0n) is 11.2. The lowest BCUT2D eigenvalue weighted by atomic mass is 10.1. The molecule has 2 aromatic carbocycles. The zero-order valence-corrected chi connectivity index (χ0v) is 11.2. The number of aliphatic hydroxyl groups excluding tert-OH is 1. The highest BCUT2D eigenvalue weighted by Crippen LogP contribution is 2.20. The molecular formula is C16H18FNO. The minimum absolute atomic E-state index is 0.283. The average Bonchev–Trinajstić information content (AvgIpc) is 2.40. The summed E-state index contributed by atoms with van der Waals surface area (Å²) in [6.45, 7) is 4.29. The number of aliphatic hydroxyl groups is 1. The van der Waals surface area contributed by atoms with Crippen LogP contribution in [-0.4, -0.2) is 11.7 Å². The van der Waals surface area contributed by atoms with E-state index in [0.717, 1.165) is 16.8 Å². The quantitative estimate of drug-likeness (QED) is 0.879. The molecule has 19 heavy (non-hydrogen) atoms. The standard InChI is InChI=1S/C16H18FNO/c1-11-7-8-12(2)15(9-11)18-10-16(19)13-5-3-4-6-14(13)17/h3-9,16,18-19H,10H2,1-2H3. The molecule has 1 atom stereocenters. The molecule has 2 rings (SSSR count). The van der Waals surface area contributed by atoms with Gasteiger partial charge < -0.3 is 10.4 Å². The van der Waals surface area contributed by atoms with Gasteiger partial charge in [0, 0.05) is 17.8 Å². The van der Waals surface area contributed by atoms with E-state index in [-0.39, 0.29) is 12.4 Å². The van der Waals surface area contributed by atoms with E-state index in [1.807, 2.05) is 32.0 Å². The van der Waals surface area contributed by atoms with Crippen LogP contribution in [0.25, 0.3) is 0 Å². The molecule has 0 aliphatic carbocycles. The first-order chi connectivity index (χ1) is 9.08. The summed E-state index contributed by atoms with van der Waals surface area (Å²) in [5.74, 6) is -0.377. The molecule has 0 spiro atoms. The fraction of sp³-hybridized carbons (Fsp3) is 0.250. The molecule has 0 amide bonds. The van der Waals surface area contributed by atoms with Crippen molar-refractivity contribution < 1.29 is 9.50 Å². The first-order valence-electron chi connectivity index (χ1n) is 6.31. The maximum atomic E-state index is 13.5. The van der Waals surface area contributed by atoms with Gasteiger partial charge in [0.2, 0.25) is 0 Å². The second-order valence-electron chi connectivity index (χ2n) is 4.74. The molecule has 0 aromatic heterocycles. The molecule has 3 heteroatoms. The number of aryl methyl sites for hydroxylation is 2. The Morgan fingerprint density at radius 1 is 1.16 bits per heavy atom. The van der Waals surface area contributed by atoms with Crippen molar-refractivity contribution in [1.82, 2.24) is 0 Å². The van der Waals surface area contributed by atoms with E-state index in [2.05, 4.69) is 5.32 Å². The number of hydrogen-bond donors (Lipinski definition) is 2. The SMILES string of the molecule is Cc1ccc(C)c(NCC(O)c2ccccc2F)c1. The Kier molecular flexibility index (Phi) is 4.17. The molecular weight excluding hydrogens is 241 g/mol. The Morgan fingerprint density at radius 2 is 1.89 bits per heavy atom. The molecule has 2 N–H and O–H groups in total. The fourth-order valence-electron chi connectivity index (χ4n) is 1.99. The average molecular weight is 259 g/mol. The third kappa shape index (κ3) is 3.32. The lowest BCUT2D eigenvalue weighted by Gasteiger charge is -2.15. The summed E-state index contributed by atoms with van der Waals surface area (Å²) < 4.78 is 13.5. The van der Waals surface area contributed by atoms with E-state index in [0.29, 0.717) is 5.56 Å². The molecule has 0 saturated heterocycles. The second kappa shape index (κ2) is 5.85. The summed E-state index contributed by atoms with van der Waals surface area (Å²) in [4.78, 5) is 0. The van der Waals surface area contributed by atoms with Crippen molar-refractivity contribution in [3.05, 3.63) is 65.0 Å². The molecule has 0 radical (unpaired) electrons. The van der Waals surface area contributed by atoms with Gasteiger partial charge in [-0.3, -0.25) is 0 Å². The zero-order chi connectivity index (χ0) is 13.8. The molecule has 0 heterocycles. The van der Waals surface area contributed by atoms with Crippen molar-refractivity contribution in [2.45, 2.75) is 20.0 Å². The fourth-order valence-corrected chi connectivity index (χ4v) is 1.99. The summed E-state index contributed by atoms with van der Waals surface area (Å²) >= 11 is 0. The summed E-state index contributed by atoms with van der Waals surface area (Å²) in [6, 6.07) is 12.4. The largest absolute Gasteiger partial charge is 0.386 e. The summed E-state index contributed by atoms with van der Waals surface area (Å²) in [5.41, 5.74) is 3.54. The van der Waals surface area contributed by atoms with Crippen molar-refractivity contribution in [2.75, 3.05) is 11.9 Å². The minimum atomic E-state index is -0.860. The molecule has 2 nitrogen and oxygen atoms in total. The third-order valence-corrected chi connectivity index (χ3v) is 3.14. The number of halogens is 1. The van der Waals surface area contributed by atoms with E-state index in [4.69, 9.17) is 0 Å². The van der Waals surface area contributed by atoms with Crippen LogP contribution >= 0.6 is 0 Å². The predicted molar refractivity (Wildman–Crippen MR) is 75.8 cm³/mol. The first-order valence-corrected chi connectivity index (χ1v) is 6.31. The molecule has 100 valence electrons. The van der Waals surface area contributed by atoms with Gasteiger partial charge in [0.15, 0.2) is 0 Å². The van der Waals surface area contributed by atoms with Crippen LogP contribution in [0.1, 0.15) is 22.8 Å². The highest BCUT2D eigenvalue weighted by molar-refractivity contribution is 5.52. The smallest absolute Gasteiger partial charge is 0.129 e. The van der Waals surface area contributed by atoms with Crippen LogP contribution in [0.15, 0.2) is 42.5 Å². The van der Waals surface area contributed by atoms with Gasteiger partial charge >= 0.3 is 0 Å². The lowest BCUT2D eigenvalue weighted by Crippen LogP contribution is -2.14. The molecule has 0 saturated carbocycles. The van der Waals surface area contributed by atoms with Crippen LogP contribution in [-0.2, 0) is 0 Å². The maximum Gasteiger partial charge on any atom is 0.129 e. The Balaban J connectivity index is 2.06. The molecule has 0 aliphatic rings. The number of nitrogens with one attached hydrogen (secondary N) is 1. The Labute approximate surface area is 112 Å². The highest BCUT2D eigenvalue weighted by Gasteiger charge is 2.12. The van der Waals surface area contributed by atoms with E-state index in [9.17, 15) is 9.50 Å². The monoisotopic (exact) mass is 259 g/mol. The number of anilines is 1. The van der Waals surface area contributed by atoms with Crippen molar-refractivity contribution in [2.24, 2.45) is 0 Å². The number of hydrogen-bond acceptors (Lipinski definition) is 2. The van der Waals surface area contributed by atoms with Crippen LogP contribution in [0.3, 0.4) is 0 Å². The highest BCUT2D eigenvalue weighted by atomic mass is 19.1. The molecule has 0 fully saturated rings. The second-order valence-corrected chi connectivity index (χ2v) is 4.74. The molecule has 0 aliphatic heterocycles. The van der Waals surface area contributed by atoms with Crippen LogP contribution < -0.4 is 5.32 Å². The van der Waals surface area contributed by atoms with Crippen LogP contribution in [0, 0.1) is 19.7 Å². The van der Waals surface area contributed by atoms with E-state index < -0.39 is 6.10 Å². The predicted octanol–water partition coefficient (Wildman–Crippen LogP) is 3.59. The van der Waals surface area contributed by atoms with E-state index in [1.165, 1.54) is 6.07 Å². The number of benzene rings is 2. The normalized spacial score (nSPS) is 12.2. The van der Waals surface area contributed by atoms with E-state index in [1.54, 1.807) is 18.2 Å². The van der Waals surface area contributed by atoms with Crippen molar-refractivity contribution in [3.8, 4) is 0 Å². The van der Waals surface area contributed by atoms with Gasteiger partial charge in [-0.25, -0.2) is 4.39 Å². The Bertz CT molecular complexity index is 568. The van der Waals surface area contributed by atoms with Gasteiger partial charge in [-0.05, 0) is 37.1 Å². The van der Waals surface area contributed by atoms with Crippen molar-refractivity contribution in [1.29, 1.82) is 0 Å². The molecule has 2 aromatic rings. The van der Waals surface area contributed by atoms with Gasteiger partial charge in [0.25, 0.3) is 0 Å². The van der Waals surface area contributed by atoms with Crippen molar-refractivity contribution in [3.63, 3.8) is 0 Å². The summed E-state index contributed by atoms with van der Waals surface area (Å²) in [5, 5.41) is 13.2. The van der Waals surface area contributed by atoms with Crippen LogP contribution in [0.5, 0.6) is 0 Å². The maximum absolute atomic E-state index is 13.5. The van der Waals surface area contributed by atoms with Gasteiger partial charge in [-0.1, -0.05) is 30.3 Å². The van der Waals surface area contributed by atoms with E-state index >= 15 is 0 Å². The topological polar surface area (TPSA) is 32.3 Å². The Morgan fingerprint density at radius 3 is 2.63 bits per heavy atom. The third-order valence-electron chi connectivity index (χ3n) is 3.14. The van der Waals surface area contributed by atoms with Gasteiger partial charge in [-0.2, -0.15) is 0 Å². The van der Waals surface area contributed by atoms with Gasteiger partial charge in [-0.15, -0.1) is 0 Å². The minimum Gasteiger partial charge on any atom is -0.386 e. The lowest BCUT2D eigenvalue weighted by molar-refractivity contribution is 0.186. The summed E-state index contributed by atoms with van der Waals surface area (Å²) in [7, 11) is 0. The van der Waals surface area contributed by atoms with Gasteiger partial charge in [0.1, 0.15) is 5.82 Å². The molecule has 1 unspecified atom stereocenters. The van der Waals surface area contributed by atoms with Crippen LogP contribution in [0.4, 0.5) is 10.1 Å². The van der Waals surface area contributed by atoms with Crippen LogP contribution in [0.2, 0.25) is 0 Å². The number of rotatable bonds is 4. The summed E-state index contributed by atoms with van der Waals surface area (Å²) in [6.07, 6.45) is -0.860. The molecule has 0 bridgehead atoms. The Hall–Kier alpha value is -1.87.